The van der Waals surface area contributed by atoms with Crippen LogP contribution in [0.15, 0.2) is 18.2 Å². The van der Waals surface area contributed by atoms with Crippen LogP contribution in [0.25, 0.3) is 0 Å². The molecule has 0 aromatic heterocycles. The zero-order chi connectivity index (χ0) is 13.0. The molecule has 0 spiro atoms. The molecule has 0 aliphatic carbocycles. The van der Waals surface area contributed by atoms with Gasteiger partial charge in [0.15, 0.2) is 0 Å². The van der Waals surface area contributed by atoms with Crippen LogP contribution >= 0.6 is 0 Å². The van der Waals surface area contributed by atoms with Crippen molar-refractivity contribution >= 4 is 0 Å². The van der Waals surface area contributed by atoms with E-state index in [4.69, 9.17) is 9.47 Å². The number of nitrogens with zero attached hydrogens (tertiary/aromatic N) is 1. The van der Waals surface area contributed by atoms with E-state index < -0.39 is 0 Å². The van der Waals surface area contributed by atoms with Gasteiger partial charge in [0.2, 0.25) is 0 Å². The van der Waals surface area contributed by atoms with Crippen molar-refractivity contribution in [3.8, 4) is 11.5 Å². The summed E-state index contributed by atoms with van der Waals surface area (Å²) in [5.41, 5.74) is 1.18. The summed E-state index contributed by atoms with van der Waals surface area (Å²) >= 11 is 0. The number of aliphatic hydroxyl groups excluding tert-OH is 1. The van der Waals surface area contributed by atoms with Gasteiger partial charge in [0, 0.05) is 25.7 Å². The minimum Gasteiger partial charge on any atom is -0.497 e. The van der Waals surface area contributed by atoms with Gasteiger partial charge in [0.1, 0.15) is 11.5 Å². The summed E-state index contributed by atoms with van der Waals surface area (Å²) in [6.45, 7) is 2.77. The van der Waals surface area contributed by atoms with Crippen molar-refractivity contribution in [3.63, 3.8) is 0 Å². The summed E-state index contributed by atoms with van der Waals surface area (Å²) in [5, 5.41) is 9.49. The normalized spacial score (nSPS) is 17.7. The number of aliphatic hydroxyl groups is 1. The third-order valence-corrected chi connectivity index (χ3v) is 3.37. The van der Waals surface area contributed by atoms with Gasteiger partial charge < -0.3 is 14.6 Å². The fourth-order valence-electron chi connectivity index (χ4n) is 2.29. The summed E-state index contributed by atoms with van der Waals surface area (Å²) < 4.78 is 10.5. The molecule has 18 heavy (non-hydrogen) atoms. The maximum atomic E-state index is 9.49. The van der Waals surface area contributed by atoms with Crippen molar-refractivity contribution < 1.29 is 14.6 Å². The van der Waals surface area contributed by atoms with E-state index in [2.05, 4.69) is 4.90 Å². The van der Waals surface area contributed by atoms with Crippen molar-refractivity contribution in [2.45, 2.75) is 25.5 Å². The Morgan fingerprint density at radius 1 is 1.11 bits per heavy atom. The maximum absolute atomic E-state index is 9.49. The van der Waals surface area contributed by atoms with Gasteiger partial charge in [0.05, 0.1) is 20.3 Å². The second-order valence-electron chi connectivity index (χ2n) is 4.73. The van der Waals surface area contributed by atoms with Crippen molar-refractivity contribution in [2.75, 3.05) is 27.3 Å². The van der Waals surface area contributed by atoms with E-state index in [1.165, 1.54) is 5.56 Å². The molecule has 1 aliphatic rings. The molecule has 1 aromatic carbocycles. The zero-order valence-corrected chi connectivity index (χ0v) is 11.1. The van der Waals surface area contributed by atoms with Gasteiger partial charge in [-0.25, -0.2) is 0 Å². The van der Waals surface area contributed by atoms with E-state index in [0.29, 0.717) is 0 Å². The number of ether oxygens (including phenoxy) is 2. The Balaban J connectivity index is 2.03. The highest BCUT2D eigenvalue weighted by Crippen LogP contribution is 2.24. The quantitative estimate of drug-likeness (QED) is 0.883. The first kappa shape index (κ1) is 13.2. The van der Waals surface area contributed by atoms with Gasteiger partial charge >= 0.3 is 0 Å². The first-order valence-corrected chi connectivity index (χ1v) is 6.33. The molecule has 1 fully saturated rings. The Morgan fingerprint density at radius 3 is 2.17 bits per heavy atom. The fourth-order valence-corrected chi connectivity index (χ4v) is 2.29. The van der Waals surface area contributed by atoms with Crippen LogP contribution in [-0.4, -0.2) is 43.4 Å². The highest BCUT2D eigenvalue weighted by molar-refractivity contribution is 5.38. The monoisotopic (exact) mass is 251 g/mol. The first-order valence-electron chi connectivity index (χ1n) is 6.33. The maximum Gasteiger partial charge on any atom is 0.122 e. The molecule has 0 bridgehead atoms. The van der Waals surface area contributed by atoms with Crippen LogP contribution in [0.3, 0.4) is 0 Å². The van der Waals surface area contributed by atoms with Gasteiger partial charge in [-0.3, -0.25) is 4.90 Å². The fraction of sp³-hybridized carbons (Fsp3) is 0.571. The summed E-state index contributed by atoms with van der Waals surface area (Å²) in [6.07, 6.45) is 1.60. The number of rotatable bonds is 4. The van der Waals surface area contributed by atoms with E-state index in [0.717, 1.165) is 44.0 Å². The van der Waals surface area contributed by atoms with Gasteiger partial charge in [-0.2, -0.15) is 0 Å². The lowest BCUT2D eigenvalue weighted by atomic mass is 10.1. The molecule has 1 heterocycles. The number of benzene rings is 1. The van der Waals surface area contributed by atoms with Crippen LogP contribution in [0.4, 0.5) is 0 Å². The zero-order valence-electron chi connectivity index (χ0n) is 11.1. The molecule has 1 aromatic rings. The molecule has 0 radical (unpaired) electrons. The highest BCUT2D eigenvalue weighted by atomic mass is 16.5. The third kappa shape index (κ3) is 3.37. The summed E-state index contributed by atoms with van der Waals surface area (Å²) in [4.78, 5) is 2.35. The lowest BCUT2D eigenvalue weighted by Gasteiger charge is -2.29. The molecular formula is C14H21NO3. The van der Waals surface area contributed by atoms with Crippen molar-refractivity contribution in [3.05, 3.63) is 23.8 Å². The Morgan fingerprint density at radius 2 is 1.67 bits per heavy atom. The number of methoxy groups -OCH3 is 2. The SMILES string of the molecule is COc1cc(CN2CCC(O)CC2)cc(OC)c1. The minimum atomic E-state index is -0.124. The van der Waals surface area contributed by atoms with Crippen LogP contribution in [0.1, 0.15) is 18.4 Å². The lowest BCUT2D eigenvalue weighted by Crippen LogP contribution is -2.35. The van der Waals surface area contributed by atoms with Crippen molar-refractivity contribution in [2.24, 2.45) is 0 Å². The molecule has 0 unspecified atom stereocenters. The van der Waals surface area contributed by atoms with Gasteiger partial charge in [-0.15, -0.1) is 0 Å². The Kier molecular flexibility index (Phi) is 4.44. The van der Waals surface area contributed by atoms with Crippen LogP contribution in [0.5, 0.6) is 11.5 Å². The molecule has 4 nitrogen and oxygen atoms in total. The topological polar surface area (TPSA) is 41.9 Å². The molecule has 1 saturated heterocycles. The second kappa shape index (κ2) is 6.07. The summed E-state index contributed by atoms with van der Waals surface area (Å²) in [6, 6.07) is 5.95. The van der Waals surface area contributed by atoms with E-state index in [-0.39, 0.29) is 6.10 Å². The molecule has 0 saturated carbocycles. The molecule has 2 rings (SSSR count). The van der Waals surface area contributed by atoms with Crippen molar-refractivity contribution in [1.29, 1.82) is 0 Å². The molecule has 1 N–H and O–H groups in total. The minimum absolute atomic E-state index is 0.124. The summed E-state index contributed by atoms with van der Waals surface area (Å²) in [5.74, 6) is 1.64. The Hall–Kier alpha value is -1.26. The van der Waals surface area contributed by atoms with Gasteiger partial charge in [-0.1, -0.05) is 0 Å². The average Bonchev–Trinajstić information content (AvgIpc) is 2.41. The number of hydrogen-bond acceptors (Lipinski definition) is 4. The van der Waals surface area contributed by atoms with Crippen LogP contribution in [0.2, 0.25) is 0 Å². The molecule has 0 amide bonds. The largest absolute Gasteiger partial charge is 0.497 e. The number of likely N-dealkylation sites (tertiary alicyclic amines) is 1. The predicted molar refractivity (Wildman–Crippen MR) is 70.1 cm³/mol. The molecule has 1 aliphatic heterocycles. The van der Waals surface area contributed by atoms with Crippen LogP contribution in [-0.2, 0) is 6.54 Å². The molecule has 0 atom stereocenters. The van der Waals surface area contributed by atoms with E-state index in [1.54, 1.807) is 14.2 Å². The average molecular weight is 251 g/mol. The van der Waals surface area contributed by atoms with E-state index in [9.17, 15) is 5.11 Å². The first-order chi connectivity index (χ1) is 8.71. The van der Waals surface area contributed by atoms with Crippen molar-refractivity contribution in [1.82, 2.24) is 4.90 Å². The van der Waals surface area contributed by atoms with Crippen LogP contribution in [0, 0.1) is 0 Å². The lowest BCUT2D eigenvalue weighted by molar-refractivity contribution is 0.0792. The van der Waals surface area contributed by atoms with Gasteiger partial charge in [-0.05, 0) is 30.5 Å². The summed E-state index contributed by atoms with van der Waals surface area (Å²) in [7, 11) is 3.33. The van der Waals surface area contributed by atoms with E-state index in [1.807, 2.05) is 18.2 Å². The second-order valence-corrected chi connectivity index (χ2v) is 4.73. The van der Waals surface area contributed by atoms with Crippen LogP contribution < -0.4 is 9.47 Å². The Bertz CT molecular complexity index is 364. The molecular weight excluding hydrogens is 230 g/mol. The molecule has 4 heteroatoms. The standard InChI is InChI=1S/C14H21NO3/c1-17-13-7-11(8-14(9-13)18-2)10-15-5-3-12(16)4-6-15/h7-9,12,16H,3-6,10H2,1-2H3. The molecule has 100 valence electrons. The predicted octanol–water partition coefficient (Wildman–Crippen LogP) is 1.66. The number of hydrogen-bond donors (Lipinski definition) is 1. The smallest absolute Gasteiger partial charge is 0.122 e. The number of piperidine rings is 1. The highest BCUT2D eigenvalue weighted by Gasteiger charge is 2.17. The Labute approximate surface area is 108 Å². The third-order valence-electron chi connectivity index (χ3n) is 3.37. The van der Waals surface area contributed by atoms with E-state index >= 15 is 0 Å². The van der Waals surface area contributed by atoms with Gasteiger partial charge in [0.25, 0.3) is 0 Å².